The number of hydrogen-bond donors (Lipinski definition) is 1. The highest BCUT2D eigenvalue weighted by atomic mass is 16.5. The molecule has 114 valence electrons. The molecule has 20 heavy (non-hydrogen) atoms. The quantitative estimate of drug-likeness (QED) is 0.829. The maximum atomic E-state index is 5.79. The van der Waals surface area contributed by atoms with Crippen molar-refractivity contribution in [1.82, 2.24) is 0 Å². The van der Waals surface area contributed by atoms with E-state index in [1.807, 2.05) is 0 Å². The lowest BCUT2D eigenvalue weighted by molar-refractivity contribution is 0.385. The van der Waals surface area contributed by atoms with Crippen LogP contribution in [0.15, 0.2) is 12.1 Å². The Morgan fingerprint density at radius 3 is 2.35 bits per heavy atom. The molecule has 2 heteroatoms. The molecule has 0 aliphatic rings. The Hall–Kier alpha value is -1.02. The molecule has 0 saturated carbocycles. The summed E-state index contributed by atoms with van der Waals surface area (Å²) in [5.74, 6) is 1.61. The van der Waals surface area contributed by atoms with E-state index >= 15 is 0 Å². The van der Waals surface area contributed by atoms with Crippen molar-refractivity contribution in [3.63, 3.8) is 0 Å². The first-order valence-electron chi connectivity index (χ1n) is 7.74. The zero-order valence-electron chi connectivity index (χ0n) is 14.0. The van der Waals surface area contributed by atoms with Gasteiger partial charge in [0.1, 0.15) is 5.75 Å². The minimum Gasteiger partial charge on any atom is -0.496 e. The van der Waals surface area contributed by atoms with Crippen LogP contribution in [-0.4, -0.2) is 13.7 Å². The summed E-state index contributed by atoms with van der Waals surface area (Å²) >= 11 is 0. The van der Waals surface area contributed by atoms with Crippen molar-refractivity contribution in [2.45, 2.75) is 65.2 Å². The normalized spacial score (nSPS) is 13.3. The van der Waals surface area contributed by atoms with Crippen LogP contribution >= 0.6 is 0 Å². The Balaban J connectivity index is 3.33. The molecule has 1 rings (SSSR count). The highest BCUT2D eigenvalue weighted by molar-refractivity contribution is 5.49. The summed E-state index contributed by atoms with van der Waals surface area (Å²) in [6, 6.07) is 4.55. The first-order valence-corrected chi connectivity index (χ1v) is 7.74. The summed E-state index contributed by atoms with van der Waals surface area (Å²) in [7, 11) is 1.79. The molecule has 0 aliphatic heterocycles. The molecular formula is C18H31NO. The Labute approximate surface area is 124 Å². The Morgan fingerprint density at radius 1 is 1.25 bits per heavy atom. The summed E-state index contributed by atoms with van der Waals surface area (Å²) in [5, 5.41) is 0. The minimum absolute atomic E-state index is 0.0955. The third-order valence-corrected chi connectivity index (χ3v) is 3.96. The molecule has 1 atom stereocenters. The molecule has 1 aromatic rings. The molecule has 0 fully saturated rings. The van der Waals surface area contributed by atoms with Gasteiger partial charge >= 0.3 is 0 Å². The smallest absolute Gasteiger partial charge is 0.126 e. The molecule has 0 spiro atoms. The number of ether oxygens (including phenoxy) is 1. The van der Waals surface area contributed by atoms with E-state index in [2.05, 4.69) is 46.8 Å². The average molecular weight is 277 g/mol. The summed E-state index contributed by atoms with van der Waals surface area (Å²) in [4.78, 5) is 0. The maximum absolute atomic E-state index is 5.79. The molecule has 0 aromatic heterocycles. The molecular weight excluding hydrogens is 246 g/mol. The van der Waals surface area contributed by atoms with E-state index in [0.717, 1.165) is 31.6 Å². The second-order valence-electron chi connectivity index (χ2n) is 6.72. The van der Waals surface area contributed by atoms with Crippen molar-refractivity contribution < 1.29 is 4.74 Å². The number of methoxy groups -OCH3 is 1. The van der Waals surface area contributed by atoms with Crippen LogP contribution in [0.5, 0.6) is 5.75 Å². The molecule has 0 heterocycles. The van der Waals surface area contributed by atoms with Crippen molar-refractivity contribution >= 4 is 0 Å². The zero-order chi connectivity index (χ0) is 15.3. The van der Waals surface area contributed by atoms with Crippen LogP contribution in [0.1, 0.15) is 69.6 Å². The van der Waals surface area contributed by atoms with E-state index in [4.69, 9.17) is 10.5 Å². The lowest BCUT2D eigenvalue weighted by Gasteiger charge is -2.27. The van der Waals surface area contributed by atoms with Crippen molar-refractivity contribution in [1.29, 1.82) is 0 Å². The number of aryl methyl sites for hydroxylation is 1. The van der Waals surface area contributed by atoms with Gasteiger partial charge in [-0.05, 0) is 49.6 Å². The summed E-state index contributed by atoms with van der Waals surface area (Å²) in [5.41, 5.74) is 9.75. The molecule has 0 bridgehead atoms. The van der Waals surface area contributed by atoms with Crippen LogP contribution in [0, 0.1) is 6.92 Å². The maximum Gasteiger partial charge on any atom is 0.126 e. The van der Waals surface area contributed by atoms with Crippen molar-refractivity contribution in [3.8, 4) is 5.75 Å². The lowest BCUT2D eigenvalue weighted by Crippen LogP contribution is -2.15. The lowest BCUT2D eigenvalue weighted by atomic mass is 9.80. The van der Waals surface area contributed by atoms with Crippen LogP contribution in [0.25, 0.3) is 0 Å². The van der Waals surface area contributed by atoms with Gasteiger partial charge in [0.25, 0.3) is 0 Å². The Bertz CT molecular complexity index is 432. The Morgan fingerprint density at radius 2 is 1.90 bits per heavy atom. The fourth-order valence-corrected chi connectivity index (χ4v) is 2.83. The number of benzene rings is 1. The summed E-state index contributed by atoms with van der Waals surface area (Å²) in [6.45, 7) is 11.9. The van der Waals surface area contributed by atoms with Gasteiger partial charge in [0.15, 0.2) is 0 Å². The monoisotopic (exact) mass is 277 g/mol. The third-order valence-electron chi connectivity index (χ3n) is 3.96. The zero-order valence-corrected chi connectivity index (χ0v) is 14.0. The standard InChI is InChI=1S/C18H31NO/c1-7-14(9-8-10-19)15-11-13(2)12-16(17(15)20-6)18(3,4)5/h11-12,14H,7-10,19H2,1-6H3. The van der Waals surface area contributed by atoms with Crippen LogP contribution in [0.2, 0.25) is 0 Å². The van der Waals surface area contributed by atoms with Gasteiger partial charge in [-0.25, -0.2) is 0 Å². The van der Waals surface area contributed by atoms with Crippen LogP contribution < -0.4 is 10.5 Å². The van der Waals surface area contributed by atoms with Gasteiger partial charge in [0.05, 0.1) is 7.11 Å². The topological polar surface area (TPSA) is 35.2 Å². The summed E-state index contributed by atoms with van der Waals surface area (Å²) < 4.78 is 5.79. The van der Waals surface area contributed by atoms with E-state index in [1.54, 1.807) is 7.11 Å². The molecule has 0 radical (unpaired) electrons. The van der Waals surface area contributed by atoms with Gasteiger partial charge in [0, 0.05) is 5.56 Å². The van der Waals surface area contributed by atoms with Gasteiger partial charge in [-0.3, -0.25) is 0 Å². The molecule has 0 aliphatic carbocycles. The van der Waals surface area contributed by atoms with Gasteiger partial charge in [0.2, 0.25) is 0 Å². The van der Waals surface area contributed by atoms with Crippen LogP contribution in [-0.2, 0) is 5.41 Å². The van der Waals surface area contributed by atoms with E-state index in [9.17, 15) is 0 Å². The molecule has 2 nitrogen and oxygen atoms in total. The van der Waals surface area contributed by atoms with Crippen molar-refractivity contribution in [2.75, 3.05) is 13.7 Å². The Kier molecular flexibility index (Phi) is 6.07. The molecule has 1 unspecified atom stereocenters. The molecule has 0 amide bonds. The highest BCUT2D eigenvalue weighted by Crippen LogP contribution is 2.40. The van der Waals surface area contributed by atoms with Gasteiger partial charge < -0.3 is 10.5 Å². The van der Waals surface area contributed by atoms with E-state index in [0.29, 0.717) is 5.92 Å². The average Bonchev–Trinajstić information content (AvgIpc) is 2.38. The second-order valence-corrected chi connectivity index (χ2v) is 6.72. The fraction of sp³-hybridized carbons (Fsp3) is 0.667. The van der Waals surface area contributed by atoms with Gasteiger partial charge in [-0.1, -0.05) is 45.4 Å². The predicted molar refractivity (Wildman–Crippen MR) is 87.8 cm³/mol. The third kappa shape index (κ3) is 3.99. The fourth-order valence-electron chi connectivity index (χ4n) is 2.83. The highest BCUT2D eigenvalue weighted by Gasteiger charge is 2.24. The summed E-state index contributed by atoms with van der Waals surface area (Å²) in [6.07, 6.45) is 3.33. The van der Waals surface area contributed by atoms with Gasteiger partial charge in [-0.15, -0.1) is 0 Å². The van der Waals surface area contributed by atoms with E-state index in [1.165, 1.54) is 16.7 Å². The van der Waals surface area contributed by atoms with E-state index < -0.39 is 0 Å². The van der Waals surface area contributed by atoms with Gasteiger partial charge in [-0.2, -0.15) is 0 Å². The molecule has 0 saturated heterocycles. The molecule has 1 aromatic carbocycles. The first kappa shape index (κ1) is 17.0. The van der Waals surface area contributed by atoms with Crippen LogP contribution in [0.3, 0.4) is 0 Å². The first-order chi connectivity index (χ1) is 9.35. The minimum atomic E-state index is 0.0955. The number of hydrogen-bond acceptors (Lipinski definition) is 2. The SMILES string of the molecule is CCC(CCCN)c1cc(C)cc(C(C)(C)C)c1OC. The van der Waals surface area contributed by atoms with Crippen molar-refractivity contribution in [2.24, 2.45) is 5.73 Å². The van der Waals surface area contributed by atoms with Crippen LogP contribution in [0.4, 0.5) is 0 Å². The van der Waals surface area contributed by atoms with E-state index in [-0.39, 0.29) is 5.41 Å². The second kappa shape index (κ2) is 7.12. The largest absolute Gasteiger partial charge is 0.496 e. The predicted octanol–water partition coefficient (Wildman–Crippen LogP) is 4.53. The number of nitrogens with two attached hydrogens (primary N) is 1. The molecule has 2 N–H and O–H groups in total. The van der Waals surface area contributed by atoms with Crippen molar-refractivity contribution in [3.05, 3.63) is 28.8 Å². The number of rotatable bonds is 6.